The Kier molecular flexibility index (Phi) is 5.94. The zero-order chi connectivity index (χ0) is 22.8. The third-order valence-corrected chi connectivity index (χ3v) is 6.17. The number of anilines is 1. The molecule has 3 rings (SSSR count). The van der Waals surface area contributed by atoms with E-state index in [-0.39, 0.29) is 16.9 Å². The number of hydrogen-bond acceptors (Lipinski definition) is 5. The number of hydrogen-bond donors (Lipinski definition) is 1. The molecule has 0 radical (unpaired) electrons. The maximum absolute atomic E-state index is 12.9. The first-order chi connectivity index (χ1) is 14.5. The fourth-order valence-electron chi connectivity index (χ4n) is 3.06. The number of carbonyl (C=O) groups excluding carboxylic acids is 1. The summed E-state index contributed by atoms with van der Waals surface area (Å²) in [7, 11) is -4.22. The topological polar surface area (TPSA) is 106 Å². The van der Waals surface area contributed by atoms with E-state index in [2.05, 4.69) is 25.5 Å². The Morgan fingerprint density at radius 2 is 1.55 bits per heavy atom. The van der Waals surface area contributed by atoms with Crippen LogP contribution in [0.2, 0.25) is 0 Å². The van der Waals surface area contributed by atoms with E-state index in [1.807, 2.05) is 12.1 Å². The van der Waals surface area contributed by atoms with Crippen LogP contribution in [0, 0.1) is 10.1 Å². The van der Waals surface area contributed by atoms with Crippen molar-refractivity contribution < 1.29 is 18.1 Å². The van der Waals surface area contributed by atoms with Crippen molar-refractivity contribution in [1.82, 2.24) is 0 Å². The summed E-state index contributed by atoms with van der Waals surface area (Å²) in [6.45, 7) is 6.24. The largest absolute Gasteiger partial charge is 0.289 e. The fraction of sp³-hybridized carbons (Fsp3) is 0.174. The van der Waals surface area contributed by atoms with Crippen LogP contribution >= 0.6 is 0 Å². The van der Waals surface area contributed by atoms with Crippen LogP contribution in [-0.4, -0.2) is 19.1 Å². The van der Waals surface area contributed by atoms with Crippen molar-refractivity contribution in [2.45, 2.75) is 31.1 Å². The average molecular weight is 439 g/mol. The number of ketones is 1. The highest BCUT2D eigenvalue weighted by Gasteiger charge is 2.25. The molecule has 0 aromatic heterocycles. The van der Waals surface area contributed by atoms with Crippen LogP contribution in [-0.2, 0) is 15.4 Å². The molecule has 0 atom stereocenters. The van der Waals surface area contributed by atoms with E-state index in [0.29, 0.717) is 11.1 Å². The second-order valence-corrected chi connectivity index (χ2v) is 9.72. The molecule has 31 heavy (non-hydrogen) atoms. The zero-order valence-electron chi connectivity index (χ0n) is 17.3. The Labute approximate surface area is 180 Å². The second kappa shape index (κ2) is 8.31. The monoisotopic (exact) mass is 438 g/mol. The lowest BCUT2D eigenvalue weighted by Gasteiger charge is -2.19. The molecular formula is C23H22N2O5S. The zero-order valence-corrected chi connectivity index (χ0v) is 18.1. The van der Waals surface area contributed by atoms with Gasteiger partial charge in [-0.1, -0.05) is 69.3 Å². The van der Waals surface area contributed by atoms with Crippen LogP contribution in [0.1, 0.15) is 42.3 Å². The summed E-state index contributed by atoms with van der Waals surface area (Å²) in [6, 6.07) is 18.4. The number of sulfonamides is 1. The summed E-state index contributed by atoms with van der Waals surface area (Å²) in [5, 5.41) is 11.2. The van der Waals surface area contributed by atoms with Crippen molar-refractivity contribution in [3.8, 4) is 0 Å². The first-order valence-corrected chi connectivity index (χ1v) is 11.0. The quantitative estimate of drug-likeness (QED) is 0.334. The lowest BCUT2D eigenvalue weighted by Crippen LogP contribution is -2.15. The average Bonchev–Trinajstić information content (AvgIpc) is 2.72. The first kappa shape index (κ1) is 22.2. The standard InChI is InChI=1S/C23H22N2O5S/c1-23(2,3)18-13-11-16(12-14-18)22(26)17-7-6-8-19(15-17)24-31(29,30)21-10-5-4-9-20(21)25(27)28/h4-15,24H,1-3H3. The first-order valence-electron chi connectivity index (χ1n) is 9.50. The molecule has 3 aromatic rings. The molecule has 0 saturated carbocycles. The van der Waals surface area contributed by atoms with Crippen LogP contribution in [0.4, 0.5) is 11.4 Å². The molecule has 0 aliphatic carbocycles. The van der Waals surface area contributed by atoms with Crippen molar-refractivity contribution in [2.24, 2.45) is 0 Å². The second-order valence-electron chi connectivity index (χ2n) is 8.07. The van der Waals surface area contributed by atoms with Gasteiger partial charge in [0.1, 0.15) is 0 Å². The van der Waals surface area contributed by atoms with Gasteiger partial charge in [-0.25, -0.2) is 8.42 Å². The maximum atomic E-state index is 12.9. The van der Waals surface area contributed by atoms with Crippen molar-refractivity contribution in [2.75, 3.05) is 4.72 Å². The molecule has 1 N–H and O–H groups in total. The maximum Gasteiger partial charge on any atom is 0.289 e. The van der Waals surface area contributed by atoms with Crippen LogP contribution < -0.4 is 4.72 Å². The van der Waals surface area contributed by atoms with Gasteiger partial charge in [0.15, 0.2) is 10.7 Å². The van der Waals surface area contributed by atoms with Gasteiger partial charge < -0.3 is 0 Å². The molecule has 0 aliphatic heterocycles. The van der Waals surface area contributed by atoms with E-state index in [4.69, 9.17) is 0 Å². The van der Waals surface area contributed by atoms with Gasteiger partial charge in [0.05, 0.1) is 4.92 Å². The lowest BCUT2D eigenvalue weighted by atomic mass is 9.86. The van der Waals surface area contributed by atoms with E-state index in [1.165, 1.54) is 24.3 Å². The lowest BCUT2D eigenvalue weighted by molar-refractivity contribution is -0.387. The number of rotatable bonds is 6. The molecule has 0 fully saturated rings. The Balaban J connectivity index is 1.88. The molecule has 160 valence electrons. The Bertz CT molecular complexity index is 1240. The predicted molar refractivity (Wildman–Crippen MR) is 119 cm³/mol. The van der Waals surface area contributed by atoms with E-state index in [1.54, 1.807) is 24.3 Å². The normalized spacial score (nSPS) is 11.7. The highest BCUT2D eigenvalue weighted by Crippen LogP contribution is 2.26. The van der Waals surface area contributed by atoms with Gasteiger partial charge in [-0.05, 0) is 29.2 Å². The Morgan fingerprint density at radius 3 is 2.16 bits per heavy atom. The minimum absolute atomic E-state index is 0.0418. The Morgan fingerprint density at radius 1 is 0.903 bits per heavy atom. The molecule has 0 heterocycles. The predicted octanol–water partition coefficient (Wildman–Crippen LogP) is 4.92. The smallest absolute Gasteiger partial charge is 0.289 e. The van der Waals surface area contributed by atoms with Crippen LogP contribution in [0.5, 0.6) is 0 Å². The van der Waals surface area contributed by atoms with Crippen molar-refractivity contribution in [1.29, 1.82) is 0 Å². The number of nitro groups is 1. The van der Waals surface area contributed by atoms with Gasteiger partial charge in [-0.3, -0.25) is 19.6 Å². The Hall–Kier alpha value is -3.52. The van der Waals surface area contributed by atoms with Crippen molar-refractivity contribution in [3.05, 3.63) is 99.6 Å². The summed E-state index contributed by atoms with van der Waals surface area (Å²) < 4.78 is 27.7. The number of nitrogens with one attached hydrogen (secondary N) is 1. The molecule has 0 saturated heterocycles. The van der Waals surface area contributed by atoms with Crippen molar-refractivity contribution in [3.63, 3.8) is 0 Å². The molecule has 0 spiro atoms. The molecular weight excluding hydrogens is 416 g/mol. The summed E-state index contributed by atoms with van der Waals surface area (Å²) in [5.41, 5.74) is 1.43. The number of benzene rings is 3. The minimum atomic E-state index is -4.22. The fourth-order valence-corrected chi connectivity index (χ4v) is 4.28. The molecule has 0 unspecified atom stereocenters. The summed E-state index contributed by atoms with van der Waals surface area (Å²) in [5.74, 6) is -0.257. The van der Waals surface area contributed by atoms with Crippen LogP contribution in [0.15, 0.2) is 77.7 Å². The molecule has 0 amide bonds. The van der Waals surface area contributed by atoms with E-state index >= 15 is 0 Å². The number of para-hydroxylation sites is 1. The van der Waals surface area contributed by atoms with E-state index in [9.17, 15) is 23.3 Å². The van der Waals surface area contributed by atoms with E-state index < -0.39 is 25.5 Å². The molecule has 8 heteroatoms. The van der Waals surface area contributed by atoms with Crippen LogP contribution in [0.3, 0.4) is 0 Å². The highest BCUT2D eigenvalue weighted by atomic mass is 32.2. The van der Waals surface area contributed by atoms with Gasteiger partial charge in [-0.15, -0.1) is 0 Å². The third-order valence-electron chi connectivity index (χ3n) is 4.74. The van der Waals surface area contributed by atoms with Crippen LogP contribution in [0.25, 0.3) is 0 Å². The number of nitrogens with zero attached hydrogens (tertiary/aromatic N) is 1. The van der Waals surface area contributed by atoms with E-state index in [0.717, 1.165) is 17.7 Å². The van der Waals surface area contributed by atoms with Gasteiger partial charge in [0, 0.05) is 22.9 Å². The SMILES string of the molecule is CC(C)(C)c1ccc(C(=O)c2cccc(NS(=O)(=O)c3ccccc3[N+](=O)[O-])c2)cc1. The van der Waals surface area contributed by atoms with Gasteiger partial charge in [-0.2, -0.15) is 0 Å². The number of nitro benzene ring substituents is 1. The molecule has 0 aliphatic rings. The molecule has 7 nitrogen and oxygen atoms in total. The minimum Gasteiger partial charge on any atom is -0.289 e. The summed E-state index contributed by atoms with van der Waals surface area (Å²) >= 11 is 0. The summed E-state index contributed by atoms with van der Waals surface area (Å²) in [4.78, 5) is 22.8. The summed E-state index contributed by atoms with van der Waals surface area (Å²) in [6.07, 6.45) is 0. The molecule has 0 bridgehead atoms. The van der Waals surface area contributed by atoms with Crippen molar-refractivity contribution >= 4 is 27.2 Å². The van der Waals surface area contributed by atoms with Gasteiger partial charge in [0.2, 0.25) is 0 Å². The molecule has 3 aromatic carbocycles. The number of carbonyl (C=O) groups is 1. The van der Waals surface area contributed by atoms with Gasteiger partial charge >= 0.3 is 0 Å². The highest BCUT2D eigenvalue weighted by molar-refractivity contribution is 7.92. The van der Waals surface area contributed by atoms with Gasteiger partial charge in [0.25, 0.3) is 15.7 Å². The third kappa shape index (κ3) is 4.97.